The molecule has 0 spiro atoms. The van der Waals surface area contributed by atoms with Crippen molar-refractivity contribution in [1.82, 2.24) is 4.90 Å². The van der Waals surface area contributed by atoms with Crippen molar-refractivity contribution in [2.45, 2.75) is 13.0 Å². The van der Waals surface area contributed by atoms with E-state index in [0.29, 0.717) is 25.1 Å². The third-order valence-electron chi connectivity index (χ3n) is 3.10. The average molecular weight is 243 g/mol. The Morgan fingerprint density at radius 2 is 2.11 bits per heavy atom. The SMILES string of the molecule is N#Cc1ccc(CN2CC[C@@H](C(N)=O)C2=O)cc1. The van der Waals surface area contributed by atoms with Gasteiger partial charge in [0.05, 0.1) is 11.6 Å². The van der Waals surface area contributed by atoms with Crippen molar-refractivity contribution < 1.29 is 9.59 Å². The number of nitriles is 1. The molecule has 2 N–H and O–H groups in total. The predicted molar refractivity (Wildman–Crippen MR) is 63.9 cm³/mol. The van der Waals surface area contributed by atoms with Crippen LogP contribution in [0.2, 0.25) is 0 Å². The first-order valence-electron chi connectivity index (χ1n) is 5.69. The zero-order valence-corrected chi connectivity index (χ0v) is 9.80. The van der Waals surface area contributed by atoms with Gasteiger partial charge in [-0.2, -0.15) is 5.26 Å². The van der Waals surface area contributed by atoms with E-state index in [1.165, 1.54) is 0 Å². The van der Waals surface area contributed by atoms with Gasteiger partial charge in [-0.1, -0.05) is 12.1 Å². The number of hydrogen-bond acceptors (Lipinski definition) is 3. The van der Waals surface area contributed by atoms with Crippen LogP contribution in [0.1, 0.15) is 17.5 Å². The minimum absolute atomic E-state index is 0.202. The lowest BCUT2D eigenvalue weighted by Crippen LogP contribution is -2.33. The number of likely N-dealkylation sites (tertiary alicyclic amines) is 1. The smallest absolute Gasteiger partial charge is 0.235 e. The number of rotatable bonds is 3. The first kappa shape index (κ1) is 12.1. The van der Waals surface area contributed by atoms with Gasteiger partial charge < -0.3 is 10.6 Å². The molecule has 0 saturated carbocycles. The van der Waals surface area contributed by atoms with Gasteiger partial charge in [0, 0.05) is 13.1 Å². The Kier molecular flexibility index (Phi) is 3.28. The van der Waals surface area contributed by atoms with Gasteiger partial charge >= 0.3 is 0 Å². The Bertz CT molecular complexity index is 516. The summed E-state index contributed by atoms with van der Waals surface area (Å²) in [6.45, 7) is 1.00. The molecule has 0 aromatic heterocycles. The van der Waals surface area contributed by atoms with Crippen molar-refractivity contribution >= 4 is 11.8 Å². The highest BCUT2D eigenvalue weighted by molar-refractivity contribution is 6.00. The molecule has 0 radical (unpaired) electrons. The molecule has 18 heavy (non-hydrogen) atoms. The normalized spacial score (nSPS) is 18.7. The van der Waals surface area contributed by atoms with Crippen LogP contribution in [0, 0.1) is 17.2 Å². The van der Waals surface area contributed by atoms with Gasteiger partial charge in [-0.05, 0) is 24.1 Å². The van der Waals surface area contributed by atoms with Crippen molar-refractivity contribution in [3.05, 3.63) is 35.4 Å². The van der Waals surface area contributed by atoms with Crippen LogP contribution >= 0.6 is 0 Å². The summed E-state index contributed by atoms with van der Waals surface area (Å²) in [5, 5.41) is 8.68. The Balaban J connectivity index is 2.04. The number of carbonyl (C=O) groups excluding carboxylic acids is 2. The molecule has 5 nitrogen and oxygen atoms in total. The molecule has 0 aliphatic carbocycles. The molecule has 0 bridgehead atoms. The highest BCUT2D eigenvalue weighted by Gasteiger charge is 2.35. The summed E-state index contributed by atoms with van der Waals surface area (Å²) in [5.41, 5.74) is 6.68. The molecule has 92 valence electrons. The van der Waals surface area contributed by atoms with Crippen LogP contribution in [0.15, 0.2) is 24.3 Å². The van der Waals surface area contributed by atoms with Crippen LogP contribution in [0.3, 0.4) is 0 Å². The number of benzene rings is 1. The molecule has 2 amide bonds. The van der Waals surface area contributed by atoms with Crippen molar-refractivity contribution in [3.8, 4) is 6.07 Å². The summed E-state index contributed by atoms with van der Waals surface area (Å²) in [6, 6.07) is 9.07. The number of hydrogen-bond donors (Lipinski definition) is 1. The largest absolute Gasteiger partial charge is 0.369 e. The van der Waals surface area contributed by atoms with Gasteiger partial charge in [-0.15, -0.1) is 0 Å². The number of carbonyl (C=O) groups is 2. The zero-order valence-electron chi connectivity index (χ0n) is 9.80. The van der Waals surface area contributed by atoms with Crippen LogP contribution in [-0.4, -0.2) is 23.3 Å². The fourth-order valence-electron chi connectivity index (χ4n) is 2.06. The summed E-state index contributed by atoms with van der Waals surface area (Å²) >= 11 is 0. The lowest BCUT2D eigenvalue weighted by molar-refractivity contribution is -0.136. The molecule has 1 aliphatic rings. The third-order valence-corrected chi connectivity index (χ3v) is 3.10. The maximum atomic E-state index is 11.8. The minimum atomic E-state index is -0.677. The lowest BCUT2D eigenvalue weighted by atomic mass is 10.1. The summed E-state index contributed by atoms with van der Waals surface area (Å²) in [7, 11) is 0. The van der Waals surface area contributed by atoms with Crippen molar-refractivity contribution in [2.24, 2.45) is 11.7 Å². The standard InChI is InChI=1S/C13H13N3O2/c14-7-9-1-3-10(4-2-9)8-16-6-5-11(12(15)17)13(16)18/h1-4,11H,5-6,8H2,(H2,15,17)/t11-/m0/s1. The zero-order chi connectivity index (χ0) is 13.1. The molecule has 5 heteroatoms. The van der Waals surface area contributed by atoms with Crippen LogP contribution in [0.25, 0.3) is 0 Å². The quantitative estimate of drug-likeness (QED) is 0.779. The summed E-state index contributed by atoms with van der Waals surface area (Å²) in [5.74, 6) is -1.43. The van der Waals surface area contributed by atoms with E-state index in [2.05, 4.69) is 0 Å². The number of amides is 2. The fourth-order valence-corrected chi connectivity index (χ4v) is 2.06. The van der Waals surface area contributed by atoms with Gasteiger partial charge in [0.25, 0.3) is 0 Å². The second-order valence-corrected chi connectivity index (χ2v) is 4.31. The van der Waals surface area contributed by atoms with E-state index in [9.17, 15) is 9.59 Å². The van der Waals surface area contributed by atoms with Crippen LogP contribution < -0.4 is 5.73 Å². The van der Waals surface area contributed by atoms with Gasteiger partial charge in [-0.25, -0.2) is 0 Å². The number of nitrogens with two attached hydrogens (primary N) is 1. The van der Waals surface area contributed by atoms with E-state index >= 15 is 0 Å². The van der Waals surface area contributed by atoms with E-state index in [0.717, 1.165) is 5.56 Å². The van der Waals surface area contributed by atoms with Crippen LogP contribution in [0.4, 0.5) is 0 Å². The summed E-state index contributed by atoms with van der Waals surface area (Å²) in [6.07, 6.45) is 0.491. The molecule has 1 atom stereocenters. The van der Waals surface area contributed by atoms with Gasteiger partial charge in [0.15, 0.2) is 0 Å². The van der Waals surface area contributed by atoms with Gasteiger partial charge in [0.1, 0.15) is 5.92 Å². The second-order valence-electron chi connectivity index (χ2n) is 4.31. The van der Waals surface area contributed by atoms with E-state index in [1.807, 2.05) is 18.2 Å². The second kappa shape index (κ2) is 4.88. The molecule has 1 heterocycles. The van der Waals surface area contributed by atoms with Gasteiger partial charge in [-0.3, -0.25) is 9.59 Å². The Morgan fingerprint density at radius 3 is 2.61 bits per heavy atom. The monoisotopic (exact) mass is 243 g/mol. The van der Waals surface area contributed by atoms with E-state index < -0.39 is 11.8 Å². The molecule has 1 aromatic rings. The Labute approximate surface area is 105 Å². The van der Waals surface area contributed by atoms with Gasteiger partial charge in [0.2, 0.25) is 11.8 Å². The molecule has 2 rings (SSSR count). The topological polar surface area (TPSA) is 87.2 Å². The van der Waals surface area contributed by atoms with E-state index in [4.69, 9.17) is 11.0 Å². The fraction of sp³-hybridized carbons (Fsp3) is 0.308. The molecule has 0 unspecified atom stereocenters. The Morgan fingerprint density at radius 1 is 1.44 bits per heavy atom. The first-order chi connectivity index (χ1) is 8.61. The summed E-state index contributed by atoms with van der Waals surface area (Å²) in [4.78, 5) is 24.5. The summed E-state index contributed by atoms with van der Waals surface area (Å²) < 4.78 is 0. The number of primary amides is 1. The minimum Gasteiger partial charge on any atom is -0.369 e. The molecule has 1 fully saturated rings. The van der Waals surface area contributed by atoms with Crippen molar-refractivity contribution in [2.75, 3.05) is 6.54 Å². The van der Waals surface area contributed by atoms with Crippen molar-refractivity contribution in [3.63, 3.8) is 0 Å². The highest BCUT2D eigenvalue weighted by Crippen LogP contribution is 2.20. The molecular weight excluding hydrogens is 230 g/mol. The molecule has 1 saturated heterocycles. The van der Waals surface area contributed by atoms with Crippen LogP contribution in [0.5, 0.6) is 0 Å². The van der Waals surface area contributed by atoms with E-state index in [1.54, 1.807) is 17.0 Å². The molecular formula is C13H13N3O2. The maximum Gasteiger partial charge on any atom is 0.235 e. The average Bonchev–Trinajstić information content (AvgIpc) is 2.72. The molecule has 1 aliphatic heterocycles. The Hall–Kier alpha value is -2.35. The highest BCUT2D eigenvalue weighted by atomic mass is 16.2. The van der Waals surface area contributed by atoms with E-state index in [-0.39, 0.29) is 5.91 Å². The lowest BCUT2D eigenvalue weighted by Gasteiger charge is -2.16. The molecule has 1 aromatic carbocycles. The van der Waals surface area contributed by atoms with Crippen LogP contribution in [-0.2, 0) is 16.1 Å². The number of nitrogens with zero attached hydrogens (tertiary/aromatic N) is 2. The predicted octanol–water partition coefficient (Wildman–Crippen LogP) is 0.392. The first-order valence-corrected chi connectivity index (χ1v) is 5.69. The maximum absolute atomic E-state index is 11.8. The third kappa shape index (κ3) is 2.33. The van der Waals surface area contributed by atoms with Crippen molar-refractivity contribution in [1.29, 1.82) is 5.26 Å².